The van der Waals surface area contributed by atoms with E-state index in [0.717, 1.165) is 12.5 Å². The Kier molecular flexibility index (Phi) is 4.62. The second-order valence-corrected chi connectivity index (χ2v) is 3.91. The number of rotatable bonds is 4. The molecule has 1 saturated heterocycles. The average Bonchev–Trinajstić information content (AvgIpc) is 2.05. The summed E-state index contributed by atoms with van der Waals surface area (Å²) in [5.74, 6) is 0.930. The van der Waals surface area contributed by atoms with Crippen molar-refractivity contribution in [1.82, 2.24) is 4.90 Å². The van der Waals surface area contributed by atoms with Crippen molar-refractivity contribution >= 4 is 0 Å². The Hall–Kier alpha value is -0.0800. The predicted octanol–water partition coefficient (Wildman–Crippen LogP) is 1.75. The first-order valence-electron chi connectivity index (χ1n) is 5.00. The molecular weight excluding hydrogens is 150 g/mol. The van der Waals surface area contributed by atoms with Crippen molar-refractivity contribution in [2.75, 3.05) is 33.9 Å². The van der Waals surface area contributed by atoms with E-state index in [1.807, 2.05) is 0 Å². The molecule has 0 aromatic heterocycles. The Labute approximate surface area is 75.9 Å². The molecule has 1 unspecified atom stereocenters. The zero-order valence-electron chi connectivity index (χ0n) is 8.38. The van der Waals surface area contributed by atoms with E-state index in [-0.39, 0.29) is 0 Å². The molecule has 1 heterocycles. The summed E-state index contributed by atoms with van der Waals surface area (Å²) in [5, 5.41) is 0. The van der Waals surface area contributed by atoms with Gasteiger partial charge in [0, 0.05) is 20.3 Å². The van der Waals surface area contributed by atoms with E-state index in [1.165, 1.54) is 38.8 Å². The summed E-state index contributed by atoms with van der Waals surface area (Å²) in [6.07, 6.45) is 5.38. The SMILES string of the molecule is COCCCC1CCCN(C)C1. The van der Waals surface area contributed by atoms with Crippen molar-refractivity contribution in [2.24, 2.45) is 5.92 Å². The first-order valence-corrected chi connectivity index (χ1v) is 5.00. The van der Waals surface area contributed by atoms with Gasteiger partial charge >= 0.3 is 0 Å². The topological polar surface area (TPSA) is 12.5 Å². The van der Waals surface area contributed by atoms with Crippen molar-refractivity contribution in [3.05, 3.63) is 0 Å². The van der Waals surface area contributed by atoms with Crippen LogP contribution < -0.4 is 0 Å². The lowest BCUT2D eigenvalue weighted by molar-refractivity contribution is 0.163. The van der Waals surface area contributed by atoms with Crippen molar-refractivity contribution in [3.8, 4) is 0 Å². The Morgan fingerprint density at radius 3 is 3.00 bits per heavy atom. The Bertz CT molecular complexity index is 116. The van der Waals surface area contributed by atoms with Gasteiger partial charge in [0.1, 0.15) is 0 Å². The first kappa shape index (κ1) is 10.0. The highest BCUT2D eigenvalue weighted by molar-refractivity contribution is 4.70. The molecule has 0 aliphatic carbocycles. The molecule has 1 fully saturated rings. The molecule has 0 aromatic carbocycles. The van der Waals surface area contributed by atoms with Crippen LogP contribution in [0.4, 0.5) is 0 Å². The largest absolute Gasteiger partial charge is 0.385 e. The van der Waals surface area contributed by atoms with Crippen molar-refractivity contribution < 1.29 is 4.74 Å². The van der Waals surface area contributed by atoms with Gasteiger partial charge in [0.15, 0.2) is 0 Å². The zero-order valence-corrected chi connectivity index (χ0v) is 8.38. The fraction of sp³-hybridized carbons (Fsp3) is 1.00. The second-order valence-electron chi connectivity index (χ2n) is 3.91. The molecule has 0 aromatic rings. The number of hydrogen-bond acceptors (Lipinski definition) is 2. The van der Waals surface area contributed by atoms with Crippen molar-refractivity contribution in [3.63, 3.8) is 0 Å². The van der Waals surface area contributed by atoms with Crippen molar-refractivity contribution in [1.29, 1.82) is 0 Å². The van der Waals surface area contributed by atoms with Crippen LogP contribution in [0.3, 0.4) is 0 Å². The molecular formula is C10H21NO. The summed E-state index contributed by atoms with van der Waals surface area (Å²) in [6.45, 7) is 3.52. The van der Waals surface area contributed by atoms with Crippen LogP contribution in [0, 0.1) is 5.92 Å². The molecule has 2 heteroatoms. The summed E-state index contributed by atoms with van der Waals surface area (Å²) in [5.41, 5.74) is 0. The van der Waals surface area contributed by atoms with Gasteiger partial charge in [0.25, 0.3) is 0 Å². The predicted molar refractivity (Wildman–Crippen MR) is 51.3 cm³/mol. The van der Waals surface area contributed by atoms with Gasteiger partial charge in [-0.1, -0.05) is 0 Å². The van der Waals surface area contributed by atoms with Gasteiger partial charge in [-0.15, -0.1) is 0 Å². The van der Waals surface area contributed by atoms with E-state index < -0.39 is 0 Å². The summed E-state index contributed by atoms with van der Waals surface area (Å²) in [6, 6.07) is 0. The van der Waals surface area contributed by atoms with Gasteiger partial charge in [0.05, 0.1) is 0 Å². The minimum atomic E-state index is 0.930. The second kappa shape index (κ2) is 5.55. The summed E-state index contributed by atoms with van der Waals surface area (Å²) in [7, 11) is 4.01. The fourth-order valence-corrected chi connectivity index (χ4v) is 2.03. The molecule has 0 amide bonds. The quantitative estimate of drug-likeness (QED) is 0.598. The van der Waals surface area contributed by atoms with Crippen molar-refractivity contribution in [2.45, 2.75) is 25.7 Å². The number of likely N-dealkylation sites (tertiary alicyclic amines) is 1. The highest BCUT2D eigenvalue weighted by atomic mass is 16.5. The Morgan fingerprint density at radius 2 is 2.33 bits per heavy atom. The van der Waals surface area contributed by atoms with E-state index in [2.05, 4.69) is 11.9 Å². The zero-order chi connectivity index (χ0) is 8.81. The summed E-state index contributed by atoms with van der Waals surface area (Å²) < 4.78 is 5.05. The van der Waals surface area contributed by atoms with Gasteiger partial charge in [-0.25, -0.2) is 0 Å². The van der Waals surface area contributed by atoms with Crippen LogP contribution in [0.15, 0.2) is 0 Å². The molecule has 72 valence electrons. The minimum absolute atomic E-state index is 0.930. The van der Waals surface area contributed by atoms with Gasteiger partial charge in [0.2, 0.25) is 0 Å². The maximum atomic E-state index is 5.05. The monoisotopic (exact) mass is 171 g/mol. The smallest absolute Gasteiger partial charge is 0.0462 e. The highest BCUT2D eigenvalue weighted by Crippen LogP contribution is 2.19. The fourth-order valence-electron chi connectivity index (χ4n) is 2.03. The van der Waals surface area contributed by atoms with Crippen LogP contribution in [-0.4, -0.2) is 38.8 Å². The number of hydrogen-bond donors (Lipinski definition) is 0. The number of ether oxygens (including phenoxy) is 1. The van der Waals surface area contributed by atoms with Crippen LogP contribution in [0.2, 0.25) is 0 Å². The first-order chi connectivity index (χ1) is 5.83. The van der Waals surface area contributed by atoms with E-state index in [1.54, 1.807) is 7.11 Å². The Morgan fingerprint density at radius 1 is 1.50 bits per heavy atom. The van der Waals surface area contributed by atoms with Crippen LogP contribution >= 0.6 is 0 Å². The summed E-state index contributed by atoms with van der Waals surface area (Å²) >= 11 is 0. The van der Waals surface area contributed by atoms with Crippen LogP contribution in [0.5, 0.6) is 0 Å². The molecule has 12 heavy (non-hydrogen) atoms. The van der Waals surface area contributed by atoms with E-state index in [0.29, 0.717) is 0 Å². The maximum absolute atomic E-state index is 5.05. The molecule has 0 N–H and O–H groups in total. The minimum Gasteiger partial charge on any atom is -0.385 e. The van der Waals surface area contributed by atoms with Crippen LogP contribution in [-0.2, 0) is 4.74 Å². The molecule has 0 radical (unpaired) electrons. The lowest BCUT2D eigenvalue weighted by Gasteiger charge is -2.29. The highest BCUT2D eigenvalue weighted by Gasteiger charge is 2.15. The van der Waals surface area contributed by atoms with E-state index >= 15 is 0 Å². The molecule has 1 atom stereocenters. The lowest BCUT2D eigenvalue weighted by Crippen LogP contribution is -2.32. The molecule has 1 rings (SSSR count). The standard InChI is InChI=1S/C10H21NO/c1-11-7-3-5-10(9-11)6-4-8-12-2/h10H,3-9H2,1-2H3. The van der Waals surface area contributed by atoms with E-state index in [4.69, 9.17) is 4.74 Å². The van der Waals surface area contributed by atoms with Crippen LogP contribution in [0.1, 0.15) is 25.7 Å². The normalized spacial score (nSPS) is 26.0. The van der Waals surface area contributed by atoms with Gasteiger partial charge in [-0.2, -0.15) is 0 Å². The molecule has 1 aliphatic rings. The van der Waals surface area contributed by atoms with Gasteiger partial charge in [-0.05, 0) is 45.2 Å². The van der Waals surface area contributed by atoms with Gasteiger partial charge < -0.3 is 9.64 Å². The number of methoxy groups -OCH3 is 1. The molecule has 0 spiro atoms. The molecule has 2 nitrogen and oxygen atoms in total. The number of nitrogens with zero attached hydrogens (tertiary/aromatic N) is 1. The molecule has 1 aliphatic heterocycles. The van der Waals surface area contributed by atoms with Gasteiger partial charge in [-0.3, -0.25) is 0 Å². The third-order valence-corrected chi connectivity index (χ3v) is 2.68. The maximum Gasteiger partial charge on any atom is 0.0462 e. The lowest BCUT2D eigenvalue weighted by atomic mass is 9.94. The average molecular weight is 171 g/mol. The number of piperidine rings is 1. The third-order valence-electron chi connectivity index (χ3n) is 2.68. The molecule has 0 bridgehead atoms. The Balaban J connectivity index is 2.06. The summed E-state index contributed by atoms with van der Waals surface area (Å²) in [4.78, 5) is 2.45. The van der Waals surface area contributed by atoms with Crippen LogP contribution in [0.25, 0.3) is 0 Å². The third kappa shape index (κ3) is 3.55. The molecule has 0 saturated carbocycles. The van der Waals surface area contributed by atoms with E-state index in [9.17, 15) is 0 Å².